The number of rotatable bonds is 3. The maximum absolute atomic E-state index is 12.4. The quantitative estimate of drug-likeness (QED) is 0.703. The molecule has 0 aromatic heterocycles. The van der Waals surface area contributed by atoms with E-state index < -0.39 is 23.5 Å². The minimum Gasteiger partial charge on any atom is -0.388 e. The van der Waals surface area contributed by atoms with Gasteiger partial charge in [-0.05, 0) is 20.8 Å². The van der Waals surface area contributed by atoms with Gasteiger partial charge in [-0.25, -0.2) is 0 Å². The summed E-state index contributed by atoms with van der Waals surface area (Å²) in [4.78, 5) is 10.7. The Kier molecular flexibility index (Phi) is 3.38. The van der Waals surface area contributed by atoms with E-state index in [9.17, 15) is 18.7 Å². The number of alkyl halides is 2. The van der Waals surface area contributed by atoms with Crippen molar-refractivity contribution in [2.24, 2.45) is 0 Å². The van der Waals surface area contributed by atoms with Gasteiger partial charge in [0.05, 0.1) is 11.6 Å². The van der Waals surface area contributed by atoms with Gasteiger partial charge in [-0.15, -0.1) is 0 Å². The summed E-state index contributed by atoms with van der Waals surface area (Å²) in [6, 6.07) is -0.717. The fraction of sp³-hybridized carbons (Fsp3) is 0.875. The minimum absolute atomic E-state index is 0.513. The molecule has 0 radical (unpaired) electrons. The Morgan fingerprint density at radius 2 is 1.77 bits per heavy atom. The van der Waals surface area contributed by atoms with Gasteiger partial charge in [0.25, 0.3) is 5.91 Å². The molecule has 2 N–H and O–H groups in total. The lowest BCUT2D eigenvalue weighted by molar-refractivity contribution is -0.145. The average Bonchev–Trinajstić information content (AvgIpc) is 1.82. The Morgan fingerprint density at radius 1 is 1.38 bits per heavy atom. The summed E-state index contributed by atoms with van der Waals surface area (Å²) in [6.45, 7) is 4.85. The highest BCUT2D eigenvalue weighted by Gasteiger charge is 2.35. The van der Waals surface area contributed by atoms with Crippen LogP contribution in [-0.2, 0) is 4.79 Å². The van der Waals surface area contributed by atoms with Crippen molar-refractivity contribution in [3.8, 4) is 0 Å². The third kappa shape index (κ3) is 4.17. The Labute approximate surface area is 76.1 Å². The van der Waals surface area contributed by atoms with Crippen LogP contribution in [0.2, 0.25) is 0 Å². The SMILES string of the molecule is CC(NC(=O)C(C)(F)F)C(C)(C)O. The van der Waals surface area contributed by atoms with Gasteiger partial charge >= 0.3 is 5.92 Å². The van der Waals surface area contributed by atoms with Gasteiger partial charge in [-0.2, -0.15) is 8.78 Å². The van der Waals surface area contributed by atoms with E-state index in [-0.39, 0.29) is 0 Å². The number of halogens is 2. The topological polar surface area (TPSA) is 49.3 Å². The van der Waals surface area contributed by atoms with Crippen LogP contribution in [0, 0.1) is 0 Å². The molecule has 1 atom stereocenters. The Morgan fingerprint density at radius 3 is 2.00 bits per heavy atom. The number of nitrogens with one attached hydrogen (secondary N) is 1. The van der Waals surface area contributed by atoms with Crippen molar-refractivity contribution >= 4 is 5.91 Å². The number of hydrogen-bond acceptors (Lipinski definition) is 2. The second kappa shape index (κ2) is 3.57. The molecular formula is C8H15F2NO2. The fourth-order valence-corrected chi connectivity index (χ4v) is 0.500. The first-order chi connectivity index (χ1) is 5.55. The molecule has 0 aliphatic carbocycles. The summed E-state index contributed by atoms with van der Waals surface area (Å²) < 4.78 is 24.7. The molecule has 0 aromatic carbocycles. The van der Waals surface area contributed by atoms with Crippen LogP contribution < -0.4 is 5.32 Å². The molecule has 0 spiro atoms. The van der Waals surface area contributed by atoms with Crippen molar-refractivity contribution in [1.82, 2.24) is 5.32 Å². The number of carbonyl (C=O) groups excluding carboxylic acids is 1. The summed E-state index contributed by atoms with van der Waals surface area (Å²) in [7, 11) is 0. The highest BCUT2D eigenvalue weighted by molar-refractivity contribution is 5.83. The molecule has 0 rings (SSSR count). The number of aliphatic hydroxyl groups is 1. The van der Waals surface area contributed by atoms with Gasteiger partial charge in [0.1, 0.15) is 0 Å². The van der Waals surface area contributed by atoms with Crippen LogP contribution in [0.5, 0.6) is 0 Å². The van der Waals surface area contributed by atoms with Crippen molar-refractivity contribution in [3.63, 3.8) is 0 Å². The first kappa shape index (κ1) is 12.3. The first-order valence-corrected chi connectivity index (χ1v) is 3.96. The lowest BCUT2D eigenvalue weighted by Crippen LogP contribution is -2.51. The maximum atomic E-state index is 12.4. The largest absolute Gasteiger partial charge is 0.388 e. The molecule has 13 heavy (non-hydrogen) atoms. The predicted octanol–water partition coefficient (Wildman–Crippen LogP) is 0.917. The lowest BCUT2D eigenvalue weighted by atomic mass is 10.0. The number of amides is 1. The summed E-state index contributed by atoms with van der Waals surface area (Å²) >= 11 is 0. The molecule has 0 heterocycles. The summed E-state index contributed by atoms with van der Waals surface area (Å²) in [5.74, 6) is -4.78. The summed E-state index contributed by atoms with van der Waals surface area (Å²) in [6.07, 6.45) is 0. The maximum Gasteiger partial charge on any atom is 0.321 e. The molecule has 1 amide bonds. The van der Waals surface area contributed by atoms with Crippen molar-refractivity contribution in [1.29, 1.82) is 0 Å². The molecule has 78 valence electrons. The number of carbonyl (C=O) groups is 1. The van der Waals surface area contributed by atoms with E-state index in [1.807, 2.05) is 5.32 Å². The zero-order valence-corrected chi connectivity index (χ0v) is 8.19. The molecule has 1 unspecified atom stereocenters. The molecule has 0 fully saturated rings. The zero-order chi connectivity index (χ0) is 10.9. The van der Waals surface area contributed by atoms with Gasteiger partial charge < -0.3 is 10.4 Å². The number of hydrogen-bond donors (Lipinski definition) is 2. The van der Waals surface area contributed by atoms with Crippen molar-refractivity contribution in [2.75, 3.05) is 0 Å². The van der Waals surface area contributed by atoms with Gasteiger partial charge in [-0.3, -0.25) is 4.79 Å². The zero-order valence-electron chi connectivity index (χ0n) is 8.19. The van der Waals surface area contributed by atoms with Crippen LogP contribution in [0.3, 0.4) is 0 Å². The second-order valence-corrected chi connectivity index (χ2v) is 3.74. The van der Waals surface area contributed by atoms with Gasteiger partial charge in [-0.1, -0.05) is 0 Å². The predicted molar refractivity (Wildman–Crippen MR) is 44.5 cm³/mol. The van der Waals surface area contributed by atoms with Crippen molar-refractivity contribution < 1.29 is 18.7 Å². The van der Waals surface area contributed by atoms with E-state index in [4.69, 9.17) is 0 Å². The Hall–Kier alpha value is -0.710. The monoisotopic (exact) mass is 195 g/mol. The van der Waals surface area contributed by atoms with Gasteiger partial charge in [0.15, 0.2) is 0 Å². The summed E-state index contributed by atoms with van der Waals surface area (Å²) in [5, 5.41) is 11.4. The Balaban J connectivity index is 4.24. The normalized spacial score (nSPS) is 15.3. The van der Waals surface area contributed by atoms with E-state index in [0.29, 0.717) is 6.92 Å². The molecule has 0 saturated carbocycles. The molecular weight excluding hydrogens is 180 g/mol. The van der Waals surface area contributed by atoms with E-state index in [1.165, 1.54) is 20.8 Å². The van der Waals surface area contributed by atoms with Crippen LogP contribution in [0.4, 0.5) is 8.78 Å². The molecule has 0 aromatic rings. The molecule has 0 saturated heterocycles. The van der Waals surface area contributed by atoms with E-state index in [0.717, 1.165) is 0 Å². The smallest absolute Gasteiger partial charge is 0.321 e. The van der Waals surface area contributed by atoms with Crippen LogP contribution in [-0.4, -0.2) is 28.6 Å². The van der Waals surface area contributed by atoms with E-state index >= 15 is 0 Å². The van der Waals surface area contributed by atoms with Crippen LogP contribution in [0.25, 0.3) is 0 Å². The minimum atomic E-state index is -3.40. The third-order valence-corrected chi connectivity index (χ3v) is 1.81. The fourth-order valence-electron chi connectivity index (χ4n) is 0.500. The molecule has 0 aliphatic heterocycles. The molecule has 5 heteroatoms. The van der Waals surface area contributed by atoms with Crippen LogP contribution >= 0.6 is 0 Å². The lowest BCUT2D eigenvalue weighted by Gasteiger charge is -2.27. The second-order valence-electron chi connectivity index (χ2n) is 3.74. The van der Waals surface area contributed by atoms with E-state index in [1.54, 1.807) is 0 Å². The van der Waals surface area contributed by atoms with E-state index in [2.05, 4.69) is 0 Å². The summed E-state index contributed by atoms with van der Waals surface area (Å²) in [5.41, 5.74) is -1.21. The molecule has 3 nitrogen and oxygen atoms in total. The van der Waals surface area contributed by atoms with Crippen molar-refractivity contribution in [3.05, 3.63) is 0 Å². The average molecular weight is 195 g/mol. The van der Waals surface area contributed by atoms with Crippen LogP contribution in [0.1, 0.15) is 27.7 Å². The molecule has 0 aliphatic rings. The standard InChI is InChI=1S/C8H15F2NO2/c1-5(7(2,3)13)11-6(12)8(4,9)10/h5,13H,1-4H3,(H,11,12). The van der Waals surface area contributed by atoms with Gasteiger partial charge in [0, 0.05) is 6.92 Å². The Bertz CT molecular complexity index is 193. The highest BCUT2D eigenvalue weighted by atomic mass is 19.3. The molecule has 0 bridgehead atoms. The van der Waals surface area contributed by atoms with Crippen molar-refractivity contribution in [2.45, 2.75) is 45.3 Å². The van der Waals surface area contributed by atoms with Gasteiger partial charge in [0.2, 0.25) is 0 Å². The highest BCUT2D eigenvalue weighted by Crippen LogP contribution is 2.14. The first-order valence-electron chi connectivity index (χ1n) is 3.96. The third-order valence-electron chi connectivity index (χ3n) is 1.81. The van der Waals surface area contributed by atoms with Crippen LogP contribution in [0.15, 0.2) is 0 Å².